The van der Waals surface area contributed by atoms with Crippen LogP contribution in [0.15, 0.2) is 71.3 Å². The summed E-state index contributed by atoms with van der Waals surface area (Å²) >= 11 is 0. The zero-order valence-corrected chi connectivity index (χ0v) is 20.8. The molecule has 0 spiro atoms. The first-order valence-corrected chi connectivity index (χ1v) is 12.5. The molecule has 1 saturated heterocycles. The number of nitrogens with zero attached hydrogens (tertiary/aromatic N) is 2. The van der Waals surface area contributed by atoms with Gasteiger partial charge in [0.25, 0.3) is 11.8 Å². The van der Waals surface area contributed by atoms with Crippen LogP contribution in [0.4, 0.5) is 10.1 Å². The minimum atomic E-state index is -0.853. The van der Waals surface area contributed by atoms with Gasteiger partial charge in [-0.05, 0) is 67.6 Å². The predicted molar refractivity (Wildman–Crippen MR) is 139 cm³/mol. The van der Waals surface area contributed by atoms with E-state index in [4.69, 9.17) is 9.26 Å². The van der Waals surface area contributed by atoms with Gasteiger partial charge in [-0.3, -0.25) is 9.59 Å². The van der Waals surface area contributed by atoms with Crippen molar-refractivity contribution in [3.05, 3.63) is 95.0 Å². The van der Waals surface area contributed by atoms with E-state index in [1.165, 1.54) is 18.2 Å². The van der Waals surface area contributed by atoms with Gasteiger partial charge in [-0.25, -0.2) is 9.18 Å². The van der Waals surface area contributed by atoms with E-state index in [0.29, 0.717) is 42.5 Å². The normalized spacial score (nSPS) is 13.9. The van der Waals surface area contributed by atoms with Crippen LogP contribution in [-0.2, 0) is 4.74 Å². The minimum Gasteiger partial charge on any atom is -0.462 e. The van der Waals surface area contributed by atoms with Gasteiger partial charge in [0.2, 0.25) is 5.76 Å². The van der Waals surface area contributed by atoms with Gasteiger partial charge in [0, 0.05) is 18.8 Å². The Bertz CT molecular complexity index is 1490. The maximum Gasteiger partial charge on any atom is 0.341 e. The van der Waals surface area contributed by atoms with Crippen LogP contribution in [0.2, 0.25) is 0 Å². The quantitative estimate of drug-likeness (QED) is 0.344. The van der Waals surface area contributed by atoms with Crippen molar-refractivity contribution in [1.29, 1.82) is 0 Å². The lowest BCUT2D eigenvalue weighted by atomic mass is 9.89. The van der Waals surface area contributed by atoms with E-state index in [1.807, 2.05) is 36.4 Å². The van der Waals surface area contributed by atoms with Gasteiger partial charge in [0.05, 0.1) is 23.1 Å². The molecule has 2 amide bonds. The van der Waals surface area contributed by atoms with Gasteiger partial charge in [-0.2, -0.15) is 0 Å². The van der Waals surface area contributed by atoms with Crippen molar-refractivity contribution in [2.45, 2.75) is 25.7 Å². The summed E-state index contributed by atoms with van der Waals surface area (Å²) in [6.07, 6.45) is 1.42. The lowest BCUT2D eigenvalue weighted by Gasteiger charge is -2.32. The molecule has 38 heavy (non-hydrogen) atoms. The van der Waals surface area contributed by atoms with Crippen LogP contribution in [-0.4, -0.2) is 47.5 Å². The van der Waals surface area contributed by atoms with Crippen LogP contribution >= 0.6 is 0 Å². The number of likely N-dealkylation sites (tertiary alicyclic amines) is 1. The van der Waals surface area contributed by atoms with Crippen LogP contribution in [0.5, 0.6) is 0 Å². The van der Waals surface area contributed by atoms with Crippen LogP contribution in [0.3, 0.4) is 0 Å². The molecule has 1 aliphatic rings. The third-order valence-electron chi connectivity index (χ3n) is 6.74. The van der Waals surface area contributed by atoms with Gasteiger partial charge in [0.1, 0.15) is 11.3 Å². The van der Waals surface area contributed by atoms with Gasteiger partial charge >= 0.3 is 5.97 Å². The van der Waals surface area contributed by atoms with Gasteiger partial charge in [-0.1, -0.05) is 35.5 Å². The highest BCUT2D eigenvalue weighted by Gasteiger charge is 2.28. The first kappa shape index (κ1) is 25.1. The van der Waals surface area contributed by atoms with E-state index < -0.39 is 17.7 Å². The highest BCUT2D eigenvalue weighted by atomic mass is 19.1. The summed E-state index contributed by atoms with van der Waals surface area (Å²) in [7, 11) is 0. The first-order valence-electron chi connectivity index (χ1n) is 12.5. The van der Waals surface area contributed by atoms with Crippen molar-refractivity contribution in [1.82, 2.24) is 10.1 Å². The summed E-state index contributed by atoms with van der Waals surface area (Å²) in [5, 5.41) is 7.40. The molecule has 0 atom stereocenters. The number of nitrogens with one attached hydrogen (secondary N) is 1. The number of hydrogen-bond donors (Lipinski definition) is 1. The molecule has 0 radical (unpaired) electrons. The fraction of sp³-hybridized carbons (Fsp3) is 0.241. The lowest BCUT2D eigenvalue weighted by molar-refractivity contribution is 0.0520. The zero-order chi connectivity index (χ0) is 26.6. The fourth-order valence-corrected chi connectivity index (χ4v) is 4.73. The number of piperidine rings is 1. The summed E-state index contributed by atoms with van der Waals surface area (Å²) in [6, 6.07) is 19.0. The molecule has 0 unspecified atom stereocenters. The van der Waals surface area contributed by atoms with Crippen LogP contribution in [0.25, 0.3) is 10.9 Å². The molecule has 194 valence electrons. The van der Waals surface area contributed by atoms with Crippen molar-refractivity contribution in [2.24, 2.45) is 0 Å². The van der Waals surface area contributed by atoms with E-state index >= 15 is 0 Å². The molecule has 8 nitrogen and oxygen atoms in total. The average Bonchev–Trinajstić information content (AvgIpc) is 3.38. The maximum absolute atomic E-state index is 14.9. The predicted octanol–water partition coefficient (Wildman–Crippen LogP) is 5.42. The molecule has 0 saturated carbocycles. The highest BCUT2D eigenvalue weighted by molar-refractivity contribution is 6.10. The van der Waals surface area contributed by atoms with Crippen LogP contribution < -0.4 is 5.32 Å². The van der Waals surface area contributed by atoms with E-state index in [1.54, 1.807) is 24.0 Å². The molecule has 4 aromatic rings. The van der Waals surface area contributed by atoms with E-state index in [9.17, 15) is 18.8 Å². The second-order valence-corrected chi connectivity index (χ2v) is 9.06. The Morgan fingerprint density at radius 1 is 1.00 bits per heavy atom. The Kier molecular flexibility index (Phi) is 7.17. The molecule has 0 bridgehead atoms. The number of rotatable bonds is 6. The molecule has 1 aliphatic heterocycles. The van der Waals surface area contributed by atoms with Crippen LogP contribution in [0, 0.1) is 5.82 Å². The number of halogens is 1. The maximum atomic E-state index is 14.9. The molecular formula is C29H26FN3O5. The average molecular weight is 516 g/mol. The van der Waals surface area contributed by atoms with E-state index in [2.05, 4.69) is 10.5 Å². The highest BCUT2D eigenvalue weighted by Crippen LogP contribution is 2.30. The summed E-state index contributed by atoms with van der Waals surface area (Å²) in [5.74, 6) is -2.08. The van der Waals surface area contributed by atoms with Gasteiger partial charge in [-0.15, -0.1) is 0 Å². The molecule has 5 rings (SSSR count). The fourth-order valence-electron chi connectivity index (χ4n) is 4.73. The Labute approximate surface area is 218 Å². The smallest absolute Gasteiger partial charge is 0.341 e. The molecule has 1 fully saturated rings. The second kappa shape index (κ2) is 10.8. The molecular weight excluding hydrogens is 489 g/mol. The molecule has 2 heterocycles. The molecule has 3 aromatic carbocycles. The number of hydrogen-bond acceptors (Lipinski definition) is 6. The molecule has 0 aliphatic carbocycles. The summed E-state index contributed by atoms with van der Waals surface area (Å²) < 4.78 is 25.0. The van der Waals surface area contributed by atoms with Crippen molar-refractivity contribution in [3.8, 4) is 0 Å². The number of ether oxygens (including phenoxy) is 1. The number of amides is 2. The number of carbonyl (C=O) groups excluding carboxylic acids is 3. The van der Waals surface area contributed by atoms with Crippen molar-refractivity contribution in [2.75, 3.05) is 25.0 Å². The molecule has 1 N–H and O–H groups in total. The van der Waals surface area contributed by atoms with Crippen LogP contribution in [0.1, 0.15) is 62.5 Å². The van der Waals surface area contributed by atoms with Crippen molar-refractivity contribution < 1.29 is 28.0 Å². The van der Waals surface area contributed by atoms with E-state index in [0.717, 1.165) is 5.56 Å². The van der Waals surface area contributed by atoms with Crippen molar-refractivity contribution >= 4 is 34.4 Å². The summed E-state index contributed by atoms with van der Waals surface area (Å²) in [4.78, 5) is 39.3. The number of esters is 1. The Hall–Kier alpha value is -4.53. The topological polar surface area (TPSA) is 102 Å². The SMILES string of the molecule is CCOC(=O)c1cccc(C(=O)N2CCC(c3ccc(NC(=O)c4onc5ccccc45)cc3)CC2)c1F. The Morgan fingerprint density at radius 3 is 2.45 bits per heavy atom. The standard InChI is InChI=1S/C29H26FN3O5/c1-2-37-29(36)23-8-5-7-22(25(23)30)28(35)33-16-14-19(15-17-33)18-10-12-20(13-11-18)31-27(34)26-21-6-3-4-9-24(21)32-38-26/h3-13,19H,2,14-17H2,1H3,(H,31,34). The monoisotopic (exact) mass is 515 g/mol. The molecule has 9 heteroatoms. The van der Waals surface area contributed by atoms with Crippen molar-refractivity contribution in [3.63, 3.8) is 0 Å². The zero-order valence-electron chi connectivity index (χ0n) is 20.8. The van der Waals surface area contributed by atoms with E-state index in [-0.39, 0.29) is 35.3 Å². The van der Waals surface area contributed by atoms with Gasteiger partial charge in [0.15, 0.2) is 0 Å². The largest absolute Gasteiger partial charge is 0.462 e. The second-order valence-electron chi connectivity index (χ2n) is 9.06. The number of carbonyl (C=O) groups is 3. The molecule has 1 aromatic heterocycles. The number of aromatic nitrogens is 1. The van der Waals surface area contributed by atoms with Gasteiger partial charge < -0.3 is 19.5 Å². The number of benzene rings is 3. The summed E-state index contributed by atoms with van der Waals surface area (Å²) in [6.45, 7) is 2.68. The summed E-state index contributed by atoms with van der Waals surface area (Å²) in [5.41, 5.74) is 1.97. The lowest BCUT2D eigenvalue weighted by Crippen LogP contribution is -2.38. The third kappa shape index (κ3) is 5.00. The third-order valence-corrected chi connectivity index (χ3v) is 6.74. The Morgan fingerprint density at radius 2 is 1.71 bits per heavy atom. The number of fused-ring (bicyclic) bond motifs is 1. The first-order chi connectivity index (χ1) is 18.5. The number of anilines is 1. The minimum absolute atomic E-state index is 0.121. The Balaban J connectivity index is 1.20.